The fraction of sp³-hybridized carbons (Fsp3) is 0.571. The van der Waals surface area contributed by atoms with Gasteiger partial charge in [0.25, 0.3) is 0 Å². The number of halogens is 1. The number of nitrogens with zero attached hydrogens (tertiary/aromatic N) is 2. The molecule has 1 aliphatic rings. The monoisotopic (exact) mass is 316 g/mol. The molecular weight excluding hydrogens is 296 g/mol. The van der Waals surface area contributed by atoms with Crippen LogP contribution in [0.5, 0.6) is 0 Å². The summed E-state index contributed by atoms with van der Waals surface area (Å²) in [7, 11) is -3.06. The van der Waals surface area contributed by atoms with E-state index in [1.165, 1.54) is 11.8 Å². The molecule has 0 bridgehead atoms. The van der Waals surface area contributed by atoms with Crippen LogP contribution < -0.4 is 0 Å². The van der Waals surface area contributed by atoms with E-state index in [0.717, 1.165) is 18.7 Å². The largest absolute Gasteiger partial charge is 0.294 e. The highest BCUT2D eigenvalue weighted by atomic mass is 35.5. The minimum atomic E-state index is -3.06. The van der Waals surface area contributed by atoms with Crippen LogP contribution in [0.1, 0.15) is 24.1 Å². The summed E-state index contributed by atoms with van der Waals surface area (Å²) in [4.78, 5) is 2.32. The van der Waals surface area contributed by atoms with Gasteiger partial charge in [-0.1, -0.05) is 24.3 Å². The summed E-state index contributed by atoms with van der Waals surface area (Å²) in [5.41, 5.74) is 2.36. The Bertz CT molecular complexity index is 537. The summed E-state index contributed by atoms with van der Waals surface area (Å²) >= 11 is 5.79. The molecule has 0 aliphatic carbocycles. The van der Waals surface area contributed by atoms with Crippen LogP contribution in [0.3, 0.4) is 0 Å². The van der Waals surface area contributed by atoms with Crippen molar-refractivity contribution < 1.29 is 8.42 Å². The van der Waals surface area contributed by atoms with Crippen LogP contribution >= 0.6 is 11.6 Å². The van der Waals surface area contributed by atoms with Gasteiger partial charge in [0.05, 0.1) is 6.26 Å². The Balaban J connectivity index is 1.99. The topological polar surface area (TPSA) is 40.6 Å². The molecule has 0 aromatic heterocycles. The normalized spacial score (nSPS) is 19.9. The van der Waals surface area contributed by atoms with Gasteiger partial charge in [-0.15, -0.1) is 11.6 Å². The van der Waals surface area contributed by atoms with Crippen LogP contribution in [-0.2, 0) is 15.9 Å². The van der Waals surface area contributed by atoms with E-state index in [9.17, 15) is 8.42 Å². The standard InChI is InChI=1S/C14H21ClN2O2S/c1-12(14-5-3-13(11-15)4-6-14)16-7-9-17(10-8-16)20(2,18)19/h3-6,12H,7-11H2,1-2H3. The first-order valence-corrected chi connectivity index (χ1v) is 9.14. The predicted octanol–water partition coefficient (Wildman–Crippen LogP) is 2.06. The zero-order chi connectivity index (χ0) is 14.8. The van der Waals surface area contributed by atoms with E-state index in [1.54, 1.807) is 4.31 Å². The highest BCUT2D eigenvalue weighted by Gasteiger charge is 2.26. The zero-order valence-electron chi connectivity index (χ0n) is 11.9. The Kier molecular flexibility index (Phi) is 5.07. The van der Waals surface area contributed by atoms with Gasteiger partial charge >= 0.3 is 0 Å². The number of rotatable bonds is 4. The molecule has 6 heteroatoms. The lowest BCUT2D eigenvalue weighted by atomic mass is 10.0. The van der Waals surface area contributed by atoms with Crippen molar-refractivity contribution >= 4 is 21.6 Å². The molecule has 1 saturated heterocycles. The van der Waals surface area contributed by atoms with Crippen molar-refractivity contribution in [1.82, 2.24) is 9.21 Å². The van der Waals surface area contributed by atoms with Gasteiger partial charge in [0, 0.05) is 38.1 Å². The molecule has 0 N–H and O–H groups in total. The molecule has 1 heterocycles. The molecule has 0 spiro atoms. The van der Waals surface area contributed by atoms with Crippen LogP contribution in [0.4, 0.5) is 0 Å². The zero-order valence-corrected chi connectivity index (χ0v) is 13.5. The quantitative estimate of drug-likeness (QED) is 0.798. The lowest BCUT2D eigenvalue weighted by Crippen LogP contribution is -2.48. The maximum Gasteiger partial charge on any atom is 0.211 e. The Morgan fingerprint density at radius 2 is 1.70 bits per heavy atom. The summed E-state index contributed by atoms with van der Waals surface area (Å²) in [6.07, 6.45) is 1.27. The van der Waals surface area contributed by atoms with Gasteiger partial charge < -0.3 is 0 Å². The second kappa shape index (κ2) is 6.43. The fourth-order valence-electron chi connectivity index (χ4n) is 2.52. The molecule has 1 unspecified atom stereocenters. The third kappa shape index (κ3) is 3.73. The number of sulfonamides is 1. The molecule has 0 amide bonds. The number of hydrogen-bond acceptors (Lipinski definition) is 3. The summed E-state index contributed by atoms with van der Waals surface area (Å²) < 4.78 is 24.5. The van der Waals surface area contributed by atoms with Gasteiger partial charge in [-0.25, -0.2) is 8.42 Å². The van der Waals surface area contributed by atoms with Gasteiger partial charge in [-0.05, 0) is 18.1 Å². The van der Waals surface area contributed by atoms with E-state index in [2.05, 4.69) is 24.0 Å². The van der Waals surface area contributed by atoms with Crippen molar-refractivity contribution in [1.29, 1.82) is 0 Å². The summed E-state index contributed by atoms with van der Waals surface area (Å²) in [6, 6.07) is 8.59. The Labute approximate surface area is 126 Å². The molecule has 1 aromatic carbocycles. The fourth-order valence-corrected chi connectivity index (χ4v) is 3.52. The molecule has 2 rings (SSSR count). The van der Waals surface area contributed by atoms with Gasteiger partial charge in [0.1, 0.15) is 0 Å². The van der Waals surface area contributed by atoms with E-state index < -0.39 is 10.0 Å². The minimum absolute atomic E-state index is 0.293. The number of piperazine rings is 1. The molecule has 112 valence electrons. The van der Waals surface area contributed by atoms with Crippen LogP contribution in [0.2, 0.25) is 0 Å². The van der Waals surface area contributed by atoms with Crippen LogP contribution in [0.25, 0.3) is 0 Å². The second-order valence-corrected chi connectivity index (χ2v) is 7.50. The minimum Gasteiger partial charge on any atom is -0.294 e. The lowest BCUT2D eigenvalue weighted by molar-refractivity contribution is 0.146. The van der Waals surface area contributed by atoms with E-state index in [0.29, 0.717) is 25.0 Å². The van der Waals surface area contributed by atoms with Crippen molar-refractivity contribution in [3.8, 4) is 0 Å². The van der Waals surface area contributed by atoms with Crippen molar-refractivity contribution in [3.63, 3.8) is 0 Å². The van der Waals surface area contributed by atoms with Gasteiger partial charge in [-0.3, -0.25) is 4.90 Å². The third-order valence-corrected chi connectivity index (χ3v) is 5.52. The maximum atomic E-state index is 11.5. The molecule has 1 atom stereocenters. The molecule has 20 heavy (non-hydrogen) atoms. The number of benzene rings is 1. The molecule has 1 aliphatic heterocycles. The average molecular weight is 317 g/mol. The first kappa shape index (κ1) is 15.8. The van der Waals surface area contributed by atoms with Crippen LogP contribution in [0, 0.1) is 0 Å². The highest BCUT2D eigenvalue weighted by molar-refractivity contribution is 7.88. The van der Waals surface area contributed by atoms with Crippen molar-refractivity contribution in [2.45, 2.75) is 18.8 Å². The summed E-state index contributed by atoms with van der Waals surface area (Å²) in [5, 5.41) is 0. The first-order chi connectivity index (χ1) is 9.41. The third-order valence-electron chi connectivity index (χ3n) is 3.91. The summed E-state index contributed by atoms with van der Waals surface area (Å²) in [5.74, 6) is 0.529. The number of hydrogen-bond donors (Lipinski definition) is 0. The molecule has 4 nitrogen and oxygen atoms in total. The molecular formula is C14H21ClN2O2S. The Morgan fingerprint density at radius 1 is 1.15 bits per heavy atom. The van der Waals surface area contributed by atoms with Gasteiger partial charge in [0.15, 0.2) is 0 Å². The molecule has 1 fully saturated rings. The van der Waals surface area contributed by atoms with E-state index in [4.69, 9.17) is 11.6 Å². The second-order valence-electron chi connectivity index (χ2n) is 5.25. The van der Waals surface area contributed by atoms with Crippen LogP contribution in [0.15, 0.2) is 24.3 Å². The average Bonchev–Trinajstić information content (AvgIpc) is 2.46. The van der Waals surface area contributed by atoms with Crippen molar-refractivity contribution in [3.05, 3.63) is 35.4 Å². The van der Waals surface area contributed by atoms with E-state index in [-0.39, 0.29) is 0 Å². The molecule has 0 radical (unpaired) electrons. The number of alkyl halides is 1. The van der Waals surface area contributed by atoms with Gasteiger partial charge in [-0.2, -0.15) is 4.31 Å². The van der Waals surface area contributed by atoms with Gasteiger partial charge in [0.2, 0.25) is 10.0 Å². The lowest BCUT2D eigenvalue weighted by Gasteiger charge is -2.37. The SMILES string of the molecule is CC(c1ccc(CCl)cc1)N1CCN(S(C)(=O)=O)CC1. The van der Waals surface area contributed by atoms with Crippen molar-refractivity contribution in [2.75, 3.05) is 32.4 Å². The molecule has 0 saturated carbocycles. The Morgan fingerprint density at radius 3 is 2.15 bits per heavy atom. The van der Waals surface area contributed by atoms with Crippen molar-refractivity contribution in [2.24, 2.45) is 0 Å². The first-order valence-electron chi connectivity index (χ1n) is 6.76. The van der Waals surface area contributed by atoms with E-state index >= 15 is 0 Å². The predicted molar refractivity (Wildman–Crippen MR) is 82.4 cm³/mol. The van der Waals surface area contributed by atoms with Crippen LogP contribution in [-0.4, -0.2) is 50.1 Å². The Hall–Kier alpha value is -0.620. The smallest absolute Gasteiger partial charge is 0.211 e. The maximum absolute atomic E-state index is 11.5. The van der Waals surface area contributed by atoms with E-state index in [1.807, 2.05) is 12.1 Å². The highest BCUT2D eigenvalue weighted by Crippen LogP contribution is 2.22. The molecule has 1 aromatic rings. The summed E-state index contributed by atoms with van der Waals surface area (Å²) in [6.45, 7) is 4.84.